The highest BCUT2D eigenvalue weighted by Crippen LogP contribution is 2.20. The van der Waals surface area contributed by atoms with Gasteiger partial charge in [-0.15, -0.1) is 0 Å². The first-order chi connectivity index (χ1) is 10.2. The van der Waals surface area contributed by atoms with Crippen molar-refractivity contribution < 1.29 is 4.79 Å². The molecule has 3 rings (SSSR count). The summed E-state index contributed by atoms with van der Waals surface area (Å²) in [6.45, 7) is 0. The van der Waals surface area contributed by atoms with E-state index in [1.807, 2.05) is 6.07 Å². The van der Waals surface area contributed by atoms with Crippen molar-refractivity contribution in [3.8, 4) is 6.07 Å². The number of anilines is 2. The number of nitrogens with one attached hydrogen (secondary N) is 2. The molecular weight excluding hydrogens is 266 g/mol. The van der Waals surface area contributed by atoms with Crippen LogP contribution in [0.2, 0.25) is 0 Å². The van der Waals surface area contributed by atoms with Crippen LogP contribution in [0.25, 0.3) is 10.9 Å². The van der Waals surface area contributed by atoms with Crippen molar-refractivity contribution in [3.63, 3.8) is 0 Å². The zero-order valence-corrected chi connectivity index (χ0v) is 10.9. The minimum atomic E-state index is -0.359. The number of nitrogen functional groups attached to an aromatic ring is 1. The molecule has 0 bridgehead atoms. The van der Waals surface area contributed by atoms with Gasteiger partial charge in [0.25, 0.3) is 5.91 Å². The van der Waals surface area contributed by atoms with Gasteiger partial charge in [-0.25, -0.2) is 0 Å². The molecule has 0 aliphatic rings. The van der Waals surface area contributed by atoms with Crippen molar-refractivity contribution >= 4 is 28.2 Å². The highest BCUT2D eigenvalue weighted by Gasteiger charge is 2.14. The van der Waals surface area contributed by atoms with Gasteiger partial charge in [-0.05, 0) is 36.4 Å². The largest absolute Gasteiger partial charge is 0.399 e. The molecule has 6 heteroatoms. The maximum absolute atomic E-state index is 12.3. The summed E-state index contributed by atoms with van der Waals surface area (Å²) >= 11 is 0. The SMILES string of the molecule is N#Cc1cccc(NC(=O)c2n[nH]c3ccc(N)cc23)c1. The Morgan fingerprint density at radius 1 is 1.29 bits per heavy atom. The minimum Gasteiger partial charge on any atom is -0.399 e. The van der Waals surface area contributed by atoms with Gasteiger partial charge in [0, 0.05) is 16.8 Å². The predicted octanol–water partition coefficient (Wildman–Crippen LogP) is 2.27. The molecule has 1 amide bonds. The average Bonchev–Trinajstić information content (AvgIpc) is 2.90. The second-order valence-corrected chi connectivity index (χ2v) is 4.52. The van der Waals surface area contributed by atoms with Crippen molar-refractivity contribution in [2.75, 3.05) is 11.1 Å². The van der Waals surface area contributed by atoms with Crippen molar-refractivity contribution in [1.82, 2.24) is 10.2 Å². The van der Waals surface area contributed by atoms with Crippen LogP contribution in [-0.4, -0.2) is 16.1 Å². The second-order valence-electron chi connectivity index (χ2n) is 4.52. The first-order valence-corrected chi connectivity index (χ1v) is 6.22. The van der Waals surface area contributed by atoms with E-state index in [-0.39, 0.29) is 11.6 Å². The van der Waals surface area contributed by atoms with E-state index >= 15 is 0 Å². The first-order valence-electron chi connectivity index (χ1n) is 6.22. The summed E-state index contributed by atoms with van der Waals surface area (Å²) in [7, 11) is 0. The van der Waals surface area contributed by atoms with Gasteiger partial charge in [0.05, 0.1) is 17.1 Å². The fourth-order valence-corrected chi connectivity index (χ4v) is 2.06. The van der Waals surface area contributed by atoms with E-state index in [0.29, 0.717) is 22.3 Å². The Hall–Kier alpha value is -3.33. The van der Waals surface area contributed by atoms with Gasteiger partial charge < -0.3 is 11.1 Å². The number of hydrogen-bond donors (Lipinski definition) is 3. The molecule has 6 nitrogen and oxygen atoms in total. The number of benzene rings is 2. The molecule has 0 unspecified atom stereocenters. The van der Waals surface area contributed by atoms with E-state index in [9.17, 15) is 4.79 Å². The van der Waals surface area contributed by atoms with Crippen molar-refractivity contribution in [3.05, 3.63) is 53.7 Å². The first kappa shape index (κ1) is 12.7. The van der Waals surface area contributed by atoms with Gasteiger partial charge in [-0.2, -0.15) is 10.4 Å². The number of nitriles is 1. The number of aromatic nitrogens is 2. The summed E-state index contributed by atoms with van der Waals surface area (Å²) in [5, 5.41) is 19.0. The Labute approximate surface area is 120 Å². The number of H-pyrrole nitrogens is 1. The molecule has 1 aromatic heterocycles. The highest BCUT2D eigenvalue weighted by atomic mass is 16.1. The molecule has 0 atom stereocenters. The van der Waals surface area contributed by atoms with Crippen LogP contribution >= 0.6 is 0 Å². The van der Waals surface area contributed by atoms with Gasteiger partial charge >= 0.3 is 0 Å². The summed E-state index contributed by atoms with van der Waals surface area (Å²) in [6, 6.07) is 13.9. The Morgan fingerprint density at radius 2 is 2.14 bits per heavy atom. The number of amides is 1. The highest BCUT2D eigenvalue weighted by molar-refractivity contribution is 6.11. The Morgan fingerprint density at radius 3 is 2.95 bits per heavy atom. The lowest BCUT2D eigenvalue weighted by atomic mass is 10.1. The number of carbonyl (C=O) groups is 1. The molecule has 21 heavy (non-hydrogen) atoms. The normalized spacial score (nSPS) is 10.2. The van der Waals surface area contributed by atoms with Crippen molar-refractivity contribution in [2.24, 2.45) is 0 Å². The zero-order chi connectivity index (χ0) is 14.8. The Kier molecular flexibility index (Phi) is 3.01. The Balaban J connectivity index is 1.94. The van der Waals surface area contributed by atoms with Crippen molar-refractivity contribution in [1.29, 1.82) is 5.26 Å². The summed E-state index contributed by atoms with van der Waals surface area (Å²) in [4.78, 5) is 12.3. The summed E-state index contributed by atoms with van der Waals surface area (Å²) < 4.78 is 0. The molecule has 102 valence electrons. The fourth-order valence-electron chi connectivity index (χ4n) is 2.06. The standard InChI is InChI=1S/C15H11N5O/c16-8-9-2-1-3-11(6-9)18-15(21)14-12-7-10(17)4-5-13(12)19-20-14/h1-7H,17H2,(H,18,21)(H,19,20). The second kappa shape index (κ2) is 4.98. The van der Waals surface area contributed by atoms with Crippen LogP contribution in [0.3, 0.4) is 0 Å². The number of fused-ring (bicyclic) bond motifs is 1. The maximum Gasteiger partial charge on any atom is 0.276 e. The molecule has 0 saturated carbocycles. The van der Waals surface area contributed by atoms with E-state index < -0.39 is 0 Å². The zero-order valence-electron chi connectivity index (χ0n) is 10.9. The van der Waals surface area contributed by atoms with Crippen LogP contribution in [0, 0.1) is 11.3 Å². The third-order valence-corrected chi connectivity index (χ3v) is 3.05. The molecule has 0 fully saturated rings. The predicted molar refractivity (Wildman–Crippen MR) is 79.6 cm³/mol. The number of rotatable bonds is 2. The third-order valence-electron chi connectivity index (χ3n) is 3.05. The van der Waals surface area contributed by atoms with Gasteiger partial charge in [0.1, 0.15) is 0 Å². The van der Waals surface area contributed by atoms with Crippen LogP contribution < -0.4 is 11.1 Å². The van der Waals surface area contributed by atoms with Crippen LogP contribution in [0.1, 0.15) is 16.1 Å². The number of nitrogens with two attached hydrogens (primary N) is 1. The summed E-state index contributed by atoms with van der Waals surface area (Å²) in [5.41, 5.74) is 8.31. The molecule has 0 aliphatic heterocycles. The van der Waals surface area contributed by atoms with Crippen LogP contribution in [0.15, 0.2) is 42.5 Å². The molecule has 0 saturated heterocycles. The van der Waals surface area contributed by atoms with Gasteiger partial charge in [0.15, 0.2) is 5.69 Å². The lowest BCUT2D eigenvalue weighted by Gasteiger charge is -2.03. The van der Waals surface area contributed by atoms with E-state index in [1.54, 1.807) is 42.5 Å². The maximum atomic E-state index is 12.3. The number of hydrogen-bond acceptors (Lipinski definition) is 4. The molecule has 3 aromatic rings. The molecule has 0 spiro atoms. The lowest BCUT2D eigenvalue weighted by molar-refractivity contribution is 0.102. The van der Waals surface area contributed by atoms with E-state index in [4.69, 9.17) is 11.0 Å². The molecular formula is C15H11N5O. The number of nitrogens with zero attached hydrogens (tertiary/aromatic N) is 2. The monoisotopic (exact) mass is 277 g/mol. The molecule has 0 aliphatic carbocycles. The molecule has 0 radical (unpaired) electrons. The Bertz CT molecular complexity index is 875. The topological polar surface area (TPSA) is 108 Å². The third kappa shape index (κ3) is 2.40. The van der Waals surface area contributed by atoms with E-state index in [2.05, 4.69) is 15.5 Å². The van der Waals surface area contributed by atoms with Gasteiger partial charge in [-0.1, -0.05) is 6.07 Å². The number of aromatic amines is 1. The summed E-state index contributed by atoms with van der Waals surface area (Å²) in [6.07, 6.45) is 0. The minimum absolute atomic E-state index is 0.264. The lowest BCUT2D eigenvalue weighted by Crippen LogP contribution is -2.12. The fraction of sp³-hybridized carbons (Fsp3) is 0. The van der Waals surface area contributed by atoms with Crippen molar-refractivity contribution in [2.45, 2.75) is 0 Å². The quantitative estimate of drug-likeness (QED) is 0.624. The van der Waals surface area contributed by atoms with Crippen LogP contribution in [-0.2, 0) is 0 Å². The smallest absolute Gasteiger partial charge is 0.276 e. The van der Waals surface area contributed by atoms with E-state index in [0.717, 1.165) is 5.52 Å². The van der Waals surface area contributed by atoms with Gasteiger partial charge in [-0.3, -0.25) is 9.89 Å². The summed E-state index contributed by atoms with van der Waals surface area (Å²) in [5.74, 6) is -0.359. The molecule has 2 aromatic carbocycles. The van der Waals surface area contributed by atoms with Crippen LogP contribution in [0.5, 0.6) is 0 Å². The van der Waals surface area contributed by atoms with E-state index in [1.165, 1.54) is 0 Å². The molecule has 1 heterocycles. The van der Waals surface area contributed by atoms with Gasteiger partial charge in [0.2, 0.25) is 0 Å². The number of carbonyl (C=O) groups excluding carboxylic acids is 1. The average molecular weight is 277 g/mol. The van der Waals surface area contributed by atoms with Crippen LogP contribution in [0.4, 0.5) is 11.4 Å². The molecule has 4 N–H and O–H groups in total.